The van der Waals surface area contributed by atoms with Crippen LogP contribution in [-0.2, 0) is 0 Å². The Morgan fingerprint density at radius 1 is 1.00 bits per heavy atom. The van der Waals surface area contributed by atoms with Crippen LogP contribution in [-0.4, -0.2) is 22.9 Å². The van der Waals surface area contributed by atoms with Crippen molar-refractivity contribution >= 4 is 51.9 Å². The maximum absolute atomic E-state index is 8.31. The van der Waals surface area contributed by atoms with Gasteiger partial charge in [-0.3, -0.25) is 15.4 Å². The molecule has 4 aromatic rings. The first kappa shape index (κ1) is 20.7. The van der Waals surface area contributed by atoms with Gasteiger partial charge in [0, 0.05) is 17.5 Å². The molecule has 5 nitrogen and oxygen atoms in total. The second kappa shape index (κ2) is 8.08. The van der Waals surface area contributed by atoms with Crippen molar-refractivity contribution in [3.8, 4) is 11.1 Å². The fourth-order valence-corrected chi connectivity index (χ4v) is 4.45. The highest BCUT2D eigenvalue weighted by Gasteiger charge is 2.23. The summed E-state index contributed by atoms with van der Waals surface area (Å²) in [6.45, 7) is 0. The zero-order valence-electron chi connectivity index (χ0n) is 17.4. The normalized spacial score (nSPS) is 13.3. The number of benzene rings is 3. The summed E-state index contributed by atoms with van der Waals surface area (Å²) in [5.41, 5.74) is 4.95. The summed E-state index contributed by atoms with van der Waals surface area (Å²) in [6, 6.07) is 20.1. The smallest absolute Gasteiger partial charge is 0.229 e. The molecule has 1 aliphatic carbocycles. The number of nitrogens with one attached hydrogen (secondary N) is 2. The Kier molecular flexibility index (Phi) is 5.24. The average Bonchev–Trinajstić information content (AvgIpc) is 3.64. The van der Waals surface area contributed by atoms with Crippen LogP contribution in [0.5, 0.6) is 0 Å². The minimum absolute atomic E-state index is 0.0560. The van der Waals surface area contributed by atoms with Crippen LogP contribution < -0.4 is 10.5 Å². The van der Waals surface area contributed by atoms with E-state index in [-0.39, 0.29) is 5.62 Å². The molecule has 1 aliphatic rings. The van der Waals surface area contributed by atoms with Crippen LogP contribution in [0.25, 0.3) is 22.0 Å². The van der Waals surface area contributed by atoms with Crippen molar-refractivity contribution in [3.63, 3.8) is 0 Å². The van der Waals surface area contributed by atoms with Gasteiger partial charge in [-0.1, -0.05) is 53.5 Å². The van der Waals surface area contributed by atoms with E-state index in [1.54, 1.807) is 12.1 Å². The summed E-state index contributed by atoms with van der Waals surface area (Å²) < 4.78 is 1.39. The largest absolute Gasteiger partial charge is 0.327 e. The lowest BCUT2D eigenvalue weighted by atomic mass is 10.0. The number of hydrogen-bond acceptors (Lipinski definition) is 4. The highest BCUT2D eigenvalue weighted by Crippen LogP contribution is 2.41. The van der Waals surface area contributed by atoms with Crippen molar-refractivity contribution in [2.24, 2.45) is 0 Å². The van der Waals surface area contributed by atoms with Gasteiger partial charge in [0.05, 0.1) is 22.6 Å². The molecule has 0 spiro atoms. The molecule has 1 aromatic heterocycles. The average molecular weight is 462 g/mol. The molecule has 0 unspecified atom stereocenters. The van der Waals surface area contributed by atoms with Crippen molar-refractivity contribution < 1.29 is 0 Å². The van der Waals surface area contributed by atoms with Crippen molar-refractivity contribution in [1.29, 1.82) is 10.8 Å². The van der Waals surface area contributed by atoms with Gasteiger partial charge in [0.2, 0.25) is 5.62 Å². The van der Waals surface area contributed by atoms with Crippen LogP contribution in [0.4, 0.5) is 11.5 Å². The van der Waals surface area contributed by atoms with E-state index in [0.717, 1.165) is 34.5 Å². The van der Waals surface area contributed by atoms with Gasteiger partial charge in [0.15, 0.2) is 0 Å². The third-order valence-electron chi connectivity index (χ3n) is 5.95. The van der Waals surface area contributed by atoms with Gasteiger partial charge in [0.1, 0.15) is 5.82 Å². The molecule has 7 heteroatoms. The Morgan fingerprint density at radius 3 is 2.41 bits per heavy atom. The van der Waals surface area contributed by atoms with E-state index >= 15 is 0 Å². The number of rotatable bonds is 5. The van der Waals surface area contributed by atoms with Crippen LogP contribution in [0.1, 0.15) is 24.3 Å². The fourth-order valence-electron chi connectivity index (χ4n) is 4.04. The van der Waals surface area contributed by atoms with E-state index in [1.807, 2.05) is 36.2 Å². The van der Waals surface area contributed by atoms with E-state index in [1.165, 1.54) is 23.0 Å². The fraction of sp³-hybridized carbons (Fsp3) is 0.160. The Hall–Kier alpha value is -3.15. The molecule has 0 saturated heterocycles. The molecule has 1 heterocycles. The molecule has 0 amide bonds. The molecule has 0 aliphatic heterocycles. The molecule has 0 atom stereocenters. The lowest BCUT2D eigenvalue weighted by molar-refractivity contribution is 0.915. The van der Waals surface area contributed by atoms with E-state index in [0.29, 0.717) is 21.4 Å². The maximum Gasteiger partial charge on any atom is 0.229 e. The first-order valence-corrected chi connectivity index (χ1v) is 11.1. The highest BCUT2D eigenvalue weighted by atomic mass is 35.5. The summed E-state index contributed by atoms with van der Waals surface area (Å²) in [5.74, 6) is 1.30. The van der Waals surface area contributed by atoms with Crippen LogP contribution >= 0.6 is 23.2 Å². The highest BCUT2D eigenvalue weighted by molar-refractivity contribution is 6.33. The molecule has 3 aromatic carbocycles. The monoisotopic (exact) mass is 461 g/mol. The quantitative estimate of drug-likeness (QED) is 0.260. The number of aromatic nitrogens is 2. The molecule has 0 bridgehead atoms. The number of hydrogen-bond donors (Lipinski definition) is 2. The number of anilines is 2. The Labute approximate surface area is 195 Å². The molecule has 0 radical (unpaired) electrons. The summed E-state index contributed by atoms with van der Waals surface area (Å²) in [6.07, 6.45) is 3.64. The predicted octanol–water partition coefficient (Wildman–Crippen LogP) is 6.59. The molecule has 5 rings (SSSR count). The molecular weight excluding hydrogens is 441 g/mol. The molecule has 32 heavy (non-hydrogen) atoms. The topological polar surface area (TPSA) is 68.8 Å². The van der Waals surface area contributed by atoms with E-state index in [4.69, 9.17) is 34.0 Å². The Balaban J connectivity index is 1.61. The molecular formula is C25H21Cl2N5. The summed E-state index contributed by atoms with van der Waals surface area (Å²) >= 11 is 12.8. The first-order chi connectivity index (χ1) is 15.5. The van der Waals surface area contributed by atoms with Gasteiger partial charge in [-0.25, -0.2) is 0 Å². The lowest BCUT2D eigenvalue weighted by Crippen LogP contribution is -2.26. The van der Waals surface area contributed by atoms with Gasteiger partial charge in [-0.2, -0.15) is 4.98 Å². The van der Waals surface area contributed by atoms with Crippen LogP contribution in [0.2, 0.25) is 10.0 Å². The molecule has 2 N–H and O–H groups in total. The Morgan fingerprint density at radius 2 is 1.72 bits per heavy atom. The second-order valence-electron chi connectivity index (χ2n) is 8.04. The summed E-state index contributed by atoms with van der Waals surface area (Å²) in [5, 5.41) is 17.9. The first-order valence-electron chi connectivity index (χ1n) is 10.4. The van der Waals surface area contributed by atoms with Gasteiger partial charge in [-0.05, 0) is 65.8 Å². The predicted molar refractivity (Wildman–Crippen MR) is 132 cm³/mol. The van der Waals surface area contributed by atoms with Crippen molar-refractivity contribution in [3.05, 3.63) is 81.9 Å². The molecule has 1 saturated carbocycles. The lowest BCUT2D eigenvalue weighted by Gasteiger charge is -2.23. The summed E-state index contributed by atoms with van der Waals surface area (Å²) in [7, 11) is 1.88. The van der Waals surface area contributed by atoms with Crippen molar-refractivity contribution in [1.82, 2.24) is 9.55 Å². The SMILES string of the molecule is CN(c1cc(-c2ccc(C3CC3)cc2)ccc1Cl)c1nc(=N)n(C=N)c2cc(Cl)ccc12. The third kappa shape index (κ3) is 3.68. The zero-order valence-corrected chi connectivity index (χ0v) is 19.0. The van der Waals surface area contributed by atoms with Crippen molar-refractivity contribution in [2.45, 2.75) is 18.8 Å². The maximum atomic E-state index is 8.31. The third-order valence-corrected chi connectivity index (χ3v) is 6.50. The van der Waals surface area contributed by atoms with Crippen LogP contribution in [0.3, 0.4) is 0 Å². The molecule has 160 valence electrons. The van der Waals surface area contributed by atoms with Crippen molar-refractivity contribution in [2.75, 3.05) is 11.9 Å². The zero-order chi connectivity index (χ0) is 22.4. The van der Waals surface area contributed by atoms with E-state index < -0.39 is 0 Å². The van der Waals surface area contributed by atoms with Gasteiger partial charge in [0.25, 0.3) is 0 Å². The number of halogens is 2. The Bertz CT molecular complexity index is 1400. The summed E-state index contributed by atoms with van der Waals surface area (Å²) in [4.78, 5) is 6.34. The number of fused-ring (bicyclic) bond motifs is 1. The van der Waals surface area contributed by atoms with Gasteiger partial charge < -0.3 is 4.90 Å². The second-order valence-corrected chi connectivity index (χ2v) is 8.88. The van der Waals surface area contributed by atoms with Crippen LogP contribution in [0.15, 0.2) is 60.7 Å². The molecule has 1 fully saturated rings. The van der Waals surface area contributed by atoms with Gasteiger partial charge >= 0.3 is 0 Å². The van der Waals surface area contributed by atoms with Gasteiger partial charge in [-0.15, -0.1) is 0 Å². The van der Waals surface area contributed by atoms with Crippen LogP contribution in [0, 0.1) is 10.8 Å². The minimum Gasteiger partial charge on any atom is -0.327 e. The minimum atomic E-state index is -0.0560. The van der Waals surface area contributed by atoms with E-state index in [2.05, 4.69) is 29.2 Å². The van der Waals surface area contributed by atoms with E-state index in [9.17, 15) is 0 Å². The number of nitrogens with zero attached hydrogens (tertiary/aromatic N) is 3. The standard InChI is InChI=1S/C25H21Cl2N5/c1-31(24-20-10-9-19(26)13-22(20)32(14-28)25(29)30-24)23-12-18(8-11-21(23)27)17-6-4-16(5-7-17)15-2-3-15/h4-15,28-29H,2-3H2,1H3.